The maximum Gasteiger partial charge on any atom is 2.00 e. The standard InChI is InChI=1S/C17H11ClN3.C5H5.Fe/c18-14-7-5-12(6-8-14)15-11-20-21-16(9-10-19-17(15)21)13-3-1-2-4-13;1-2-4-5-3-1;/h1-11H;1-5H;/q2*-1;+2. The predicted octanol–water partition coefficient (Wildman–Crippen LogP) is 5.84. The topological polar surface area (TPSA) is 30.2 Å². The summed E-state index contributed by atoms with van der Waals surface area (Å²) in [6, 6.07) is 27.9. The van der Waals surface area contributed by atoms with Crippen molar-refractivity contribution in [1.29, 1.82) is 0 Å². The van der Waals surface area contributed by atoms with Crippen LogP contribution in [0, 0.1) is 0 Å². The maximum absolute atomic E-state index is 5.95. The summed E-state index contributed by atoms with van der Waals surface area (Å²) in [5.41, 5.74) is 5.07. The van der Waals surface area contributed by atoms with Crippen LogP contribution in [0.2, 0.25) is 5.02 Å². The number of nitrogens with zero attached hydrogens (tertiary/aromatic N) is 3. The average molecular weight is 414 g/mol. The molecule has 2 heterocycles. The third kappa shape index (κ3) is 4.20. The zero-order valence-corrected chi connectivity index (χ0v) is 16.2. The summed E-state index contributed by atoms with van der Waals surface area (Å²) in [5, 5.41) is 5.22. The van der Waals surface area contributed by atoms with Crippen molar-refractivity contribution in [2.75, 3.05) is 0 Å². The van der Waals surface area contributed by atoms with Crippen LogP contribution in [0.1, 0.15) is 0 Å². The van der Waals surface area contributed by atoms with E-state index in [-0.39, 0.29) is 17.1 Å². The van der Waals surface area contributed by atoms with Gasteiger partial charge in [0.15, 0.2) is 5.65 Å². The fourth-order valence-electron chi connectivity index (χ4n) is 2.81. The van der Waals surface area contributed by atoms with Gasteiger partial charge in [0, 0.05) is 10.6 Å². The van der Waals surface area contributed by atoms with Gasteiger partial charge in [0.2, 0.25) is 0 Å². The van der Waals surface area contributed by atoms with E-state index in [1.807, 2.05) is 89.7 Å². The Morgan fingerprint density at radius 3 is 2.26 bits per heavy atom. The molecule has 5 heteroatoms. The zero-order chi connectivity index (χ0) is 17.8. The molecule has 0 bridgehead atoms. The Balaban J connectivity index is 0.000000306. The maximum atomic E-state index is 5.95. The second-order valence-corrected chi connectivity index (χ2v) is 6.20. The van der Waals surface area contributed by atoms with Crippen molar-refractivity contribution in [2.24, 2.45) is 0 Å². The quantitative estimate of drug-likeness (QED) is 0.269. The molecule has 0 saturated carbocycles. The molecule has 3 aromatic carbocycles. The number of benzene rings is 1. The first-order chi connectivity index (χ1) is 12.8. The molecule has 0 amide bonds. The van der Waals surface area contributed by atoms with Gasteiger partial charge in [0.25, 0.3) is 0 Å². The molecule has 3 nitrogen and oxygen atoms in total. The molecule has 27 heavy (non-hydrogen) atoms. The van der Waals surface area contributed by atoms with E-state index in [0.29, 0.717) is 0 Å². The van der Waals surface area contributed by atoms with E-state index in [1.54, 1.807) is 0 Å². The first kappa shape index (κ1) is 19.1. The Hall–Kier alpha value is -2.65. The molecule has 2 aromatic heterocycles. The van der Waals surface area contributed by atoms with Crippen molar-refractivity contribution in [2.45, 2.75) is 0 Å². The molecule has 0 atom stereocenters. The molecule has 0 N–H and O–H groups in total. The van der Waals surface area contributed by atoms with Crippen LogP contribution in [0.15, 0.2) is 97.3 Å². The fourth-order valence-corrected chi connectivity index (χ4v) is 2.93. The minimum absolute atomic E-state index is 0. The van der Waals surface area contributed by atoms with Crippen molar-refractivity contribution < 1.29 is 17.1 Å². The molecule has 0 spiro atoms. The van der Waals surface area contributed by atoms with Crippen LogP contribution in [-0.4, -0.2) is 14.6 Å². The van der Waals surface area contributed by atoms with Crippen LogP contribution >= 0.6 is 11.6 Å². The van der Waals surface area contributed by atoms with Gasteiger partial charge in [-0.2, -0.15) is 35.4 Å². The Morgan fingerprint density at radius 2 is 1.63 bits per heavy atom. The molecule has 0 saturated heterocycles. The molecule has 0 aliphatic rings. The third-order valence-corrected chi connectivity index (χ3v) is 4.32. The normalized spacial score (nSPS) is 10.1. The van der Waals surface area contributed by atoms with Crippen molar-refractivity contribution in [1.82, 2.24) is 14.6 Å². The fraction of sp³-hybridized carbons (Fsp3) is 0. The minimum atomic E-state index is 0. The largest absolute Gasteiger partial charge is 2.00 e. The first-order valence-corrected chi connectivity index (χ1v) is 8.68. The summed E-state index contributed by atoms with van der Waals surface area (Å²) < 4.78 is 1.87. The molecule has 0 unspecified atom stereocenters. The summed E-state index contributed by atoms with van der Waals surface area (Å²) >= 11 is 5.95. The van der Waals surface area contributed by atoms with Gasteiger partial charge in [-0.15, -0.1) is 12.1 Å². The van der Waals surface area contributed by atoms with E-state index in [9.17, 15) is 0 Å². The van der Waals surface area contributed by atoms with Crippen LogP contribution in [0.4, 0.5) is 0 Å². The zero-order valence-electron chi connectivity index (χ0n) is 14.3. The summed E-state index contributed by atoms with van der Waals surface area (Å²) in [6.45, 7) is 0. The van der Waals surface area contributed by atoms with Gasteiger partial charge < -0.3 is 0 Å². The molecular weight excluding hydrogens is 398 g/mol. The Kier molecular flexibility index (Phi) is 6.25. The van der Waals surface area contributed by atoms with Crippen molar-refractivity contribution in [3.8, 4) is 22.4 Å². The van der Waals surface area contributed by atoms with E-state index in [1.165, 1.54) is 0 Å². The van der Waals surface area contributed by atoms with Gasteiger partial charge in [-0.1, -0.05) is 35.4 Å². The third-order valence-electron chi connectivity index (χ3n) is 4.07. The molecule has 0 fully saturated rings. The van der Waals surface area contributed by atoms with Crippen LogP contribution < -0.4 is 0 Å². The summed E-state index contributed by atoms with van der Waals surface area (Å²) in [5.74, 6) is 0. The Labute approximate surface area is 173 Å². The second kappa shape index (κ2) is 8.83. The summed E-state index contributed by atoms with van der Waals surface area (Å²) in [6.07, 6.45) is 3.66. The van der Waals surface area contributed by atoms with Gasteiger partial charge in [-0.3, -0.25) is 0 Å². The second-order valence-electron chi connectivity index (χ2n) is 5.77. The number of halogens is 1. The van der Waals surface area contributed by atoms with Gasteiger partial charge >= 0.3 is 17.1 Å². The van der Waals surface area contributed by atoms with Crippen molar-refractivity contribution in [3.05, 3.63) is 102 Å². The number of hydrogen-bond donors (Lipinski definition) is 0. The number of rotatable bonds is 2. The van der Waals surface area contributed by atoms with Crippen molar-refractivity contribution in [3.63, 3.8) is 0 Å². The van der Waals surface area contributed by atoms with E-state index < -0.39 is 0 Å². The summed E-state index contributed by atoms with van der Waals surface area (Å²) in [4.78, 5) is 4.48. The van der Waals surface area contributed by atoms with Crippen LogP contribution in [0.3, 0.4) is 0 Å². The summed E-state index contributed by atoms with van der Waals surface area (Å²) in [7, 11) is 0. The van der Waals surface area contributed by atoms with Crippen LogP contribution in [0.5, 0.6) is 0 Å². The smallest absolute Gasteiger partial charge is 0.247 e. The van der Waals surface area contributed by atoms with E-state index in [2.05, 4.69) is 22.2 Å². The van der Waals surface area contributed by atoms with Crippen molar-refractivity contribution >= 4 is 17.2 Å². The van der Waals surface area contributed by atoms with Gasteiger partial charge in [-0.25, -0.2) is 21.6 Å². The first-order valence-electron chi connectivity index (χ1n) is 8.30. The van der Waals surface area contributed by atoms with Gasteiger partial charge in [-0.05, 0) is 29.6 Å². The SMILES string of the molecule is Clc1ccc(-c2cnn3c(-[c-]4cccc4)ccnc23)cc1.[Fe+2].c1cc[cH-]c1. The van der Waals surface area contributed by atoms with E-state index >= 15 is 0 Å². The van der Waals surface area contributed by atoms with Gasteiger partial charge in [0.05, 0.1) is 6.20 Å². The number of aromatic nitrogens is 3. The predicted molar refractivity (Wildman–Crippen MR) is 106 cm³/mol. The molecule has 0 radical (unpaired) electrons. The van der Waals surface area contributed by atoms with E-state index in [4.69, 9.17) is 11.6 Å². The Bertz CT molecular complexity index is 1060. The van der Waals surface area contributed by atoms with Gasteiger partial charge in [0.1, 0.15) is 0 Å². The van der Waals surface area contributed by atoms with Crippen LogP contribution in [-0.2, 0) is 17.1 Å². The molecule has 5 aromatic rings. The monoisotopic (exact) mass is 413 g/mol. The molecule has 134 valence electrons. The molecular formula is C22H16ClFeN3. The average Bonchev–Trinajstić information content (AvgIpc) is 3.44. The number of fused-ring (bicyclic) bond motifs is 1. The molecule has 0 aliphatic heterocycles. The molecule has 0 aliphatic carbocycles. The van der Waals surface area contributed by atoms with E-state index in [0.717, 1.165) is 33.1 Å². The molecule has 5 rings (SSSR count). The minimum Gasteiger partial charge on any atom is -0.247 e. The Morgan fingerprint density at radius 1 is 0.926 bits per heavy atom. The van der Waals surface area contributed by atoms with Crippen LogP contribution in [0.25, 0.3) is 28.0 Å². The number of hydrogen-bond acceptors (Lipinski definition) is 2.